The van der Waals surface area contributed by atoms with Crippen LogP contribution in [0.4, 0.5) is 0 Å². The normalized spacial score (nSPS) is 11.4. The van der Waals surface area contributed by atoms with Gasteiger partial charge >= 0.3 is 0 Å². The lowest BCUT2D eigenvalue weighted by atomic mass is 9.87. The van der Waals surface area contributed by atoms with E-state index >= 15 is 0 Å². The Balaban J connectivity index is 1.75. The van der Waals surface area contributed by atoms with E-state index in [1.807, 2.05) is 0 Å². The van der Waals surface area contributed by atoms with E-state index in [1.165, 1.54) is 33.4 Å². The summed E-state index contributed by atoms with van der Waals surface area (Å²) in [5.41, 5.74) is 8.42. The summed E-state index contributed by atoms with van der Waals surface area (Å²) in [7, 11) is 0. The van der Waals surface area contributed by atoms with Crippen molar-refractivity contribution in [3.8, 4) is 0 Å². The van der Waals surface area contributed by atoms with Crippen LogP contribution in [-0.4, -0.2) is 0 Å². The minimum absolute atomic E-state index is 0.516. The summed E-state index contributed by atoms with van der Waals surface area (Å²) >= 11 is 0. The molecule has 3 aromatic carbocycles. The van der Waals surface area contributed by atoms with Crippen LogP contribution in [0.3, 0.4) is 0 Å². The first-order valence-electron chi connectivity index (χ1n) is 11.2. The van der Waals surface area contributed by atoms with Crippen molar-refractivity contribution in [3.05, 3.63) is 106 Å². The summed E-state index contributed by atoms with van der Waals surface area (Å²) in [6.07, 6.45) is 0. The molecule has 0 aromatic heterocycles. The first-order chi connectivity index (χ1) is 14.5. The van der Waals surface area contributed by atoms with Gasteiger partial charge in [-0.05, 0) is 45.2 Å². The standard InChI is InChI=1S/C28H36N2/c1-21(2)27-16-28(22(3)4)26(20-30-18-24-13-9-6-10-14-24)15-25(27)19-29-17-23-11-7-5-8-12-23/h5-16,21-22,29-30H,17-20H2,1-4H3. The predicted molar refractivity (Wildman–Crippen MR) is 129 cm³/mol. The molecule has 3 aromatic rings. The maximum absolute atomic E-state index is 3.65. The molecule has 3 rings (SSSR count). The molecule has 0 amide bonds. The Bertz CT molecular complexity index is 826. The zero-order valence-electron chi connectivity index (χ0n) is 18.9. The van der Waals surface area contributed by atoms with E-state index in [1.54, 1.807) is 0 Å². The van der Waals surface area contributed by atoms with E-state index in [2.05, 4.69) is 111 Å². The van der Waals surface area contributed by atoms with Gasteiger partial charge in [-0.2, -0.15) is 0 Å². The van der Waals surface area contributed by atoms with Gasteiger partial charge < -0.3 is 10.6 Å². The van der Waals surface area contributed by atoms with Gasteiger partial charge in [-0.1, -0.05) is 100 Å². The average Bonchev–Trinajstić information content (AvgIpc) is 2.75. The smallest absolute Gasteiger partial charge is 0.0211 e. The molecule has 0 heterocycles. The molecule has 0 spiro atoms. The van der Waals surface area contributed by atoms with Crippen LogP contribution in [0.2, 0.25) is 0 Å². The van der Waals surface area contributed by atoms with Crippen molar-refractivity contribution < 1.29 is 0 Å². The Morgan fingerprint density at radius 2 is 0.933 bits per heavy atom. The Labute approximate surface area is 182 Å². The van der Waals surface area contributed by atoms with Gasteiger partial charge in [0.05, 0.1) is 0 Å². The summed E-state index contributed by atoms with van der Waals surface area (Å²) in [5.74, 6) is 1.03. The molecule has 0 aliphatic rings. The van der Waals surface area contributed by atoms with E-state index in [9.17, 15) is 0 Å². The molecule has 0 fully saturated rings. The van der Waals surface area contributed by atoms with Crippen LogP contribution in [0.5, 0.6) is 0 Å². The largest absolute Gasteiger partial charge is 0.309 e. The van der Waals surface area contributed by atoms with Crippen LogP contribution < -0.4 is 10.6 Å². The number of nitrogens with one attached hydrogen (secondary N) is 2. The van der Waals surface area contributed by atoms with Gasteiger partial charge in [0.1, 0.15) is 0 Å². The van der Waals surface area contributed by atoms with Gasteiger partial charge in [0.15, 0.2) is 0 Å². The molecule has 0 saturated carbocycles. The van der Waals surface area contributed by atoms with Crippen molar-refractivity contribution in [2.75, 3.05) is 0 Å². The zero-order chi connectivity index (χ0) is 21.3. The van der Waals surface area contributed by atoms with E-state index in [4.69, 9.17) is 0 Å². The molecule has 0 radical (unpaired) electrons. The summed E-state index contributed by atoms with van der Waals surface area (Å²) in [5, 5.41) is 7.30. The molecule has 0 unspecified atom stereocenters. The van der Waals surface area contributed by atoms with E-state index in [-0.39, 0.29) is 0 Å². The minimum Gasteiger partial charge on any atom is -0.309 e. The Morgan fingerprint density at radius 3 is 1.30 bits per heavy atom. The van der Waals surface area contributed by atoms with Crippen molar-refractivity contribution >= 4 is 0 Å². The molecule has 0 aliphatic carbocycles. The van der Waals surface area contributed by atoms with Gasteiger partial charge in [-0.25, -0.2) is 0 Å². The van der Waals surface area contributed by atoms with Crippen molar-refractivity contribution in [3.63, 3.8) is 0 Å². The molecule has 0 saturated heterocycles. The Morgan fingerprint density at radius 1 is 0.533 bits per heavy atom. The lowest BCUT2D eigenvalue weighted by Gasteiger charge is -2.21. The highest BCUT2D eigenvalue weighted by Crippen LogP contribution is 2.28. The van der Waals surface area contributed by atoms with Gasteiger partial charge in [-0.15, -0.1) is 0 Å². The number of hydrogen-bond donors (Lipinski definition) is 2. The number of hydrogen-bond acceptors (Lipinski definition) is 2. The Kier molecular flexibility index (Phi) is 8.24. The monoisotopic (exact) mass is 400 g/mol. The molecular formula is C28H36N2. The van der Waals surface area contributed by atoms with Crippen LogP contribution in [0.1, 0.15) is 72.9 Å². The molecule has 30 heavy (non-hydrogen) atoms. The lowest BCUT2D eigenvalue weighted by Crippen LogP contribution is -2.18. The number of rotatable bonds is 10. The quantitative estimate of drug-likeness (QED) is 0.405. The van der Waals surface area contributed by atoms with Crippen LogP contribution in [-0.2, 0) is 26.2 Å². The molecule has 2 N–H and O–H groups in total. The molecule has 0 bridgehead atoms. The first-order valence-corrected chi connectivity index (χ1v) is 11.2. The van der Waals surface area contributed by atoms with Crippen LogP contribution in [0.25, 0.3) is 0 Å². The number of benzene rings is 3. The highest BCUT2D eigenvalue weighted by Gasteiger charge is 2.14. The van der Waals surface area contributed by atoms with Crippen molar-refractivity contribution in [2.24, 2.45) is 0 Å². The van der Waals surface area contributed by atoms with Gasteiger partial charge in [0.25, 0.3) is 0 Å². The van der Waals surface area contributed by atoms with E-state index < -0.39 is 0 Å². The van der Waals surface area contributed by atoms with E-state index in [0.29, 0.717) is 11.8 Å². The molecule has 0 aliphatic heterocycles. The minimum atomic E-state index is 0.516. The summed E-state index contributed by atoms with van der Waals surface area (Å²) in [6, 6.07) is 26.1. The first kappa shape index (κ1) is 22.3. The van der Waals surface area contributed by atoms with Crippen LogP contribution in [0.15, 0.2) is 72.8 Å². The lowest BCUT2D eigenvalue weighted by molar-refractivity contribution is 0.662. The second-order valence-corrected chi connectivity index (χ2v) is 8.74. The third kappa shape index (κ3) is 6.29. The second-order valence-electron chi connectivity index (χ2n) is 8.74. The third-order valence-electron chi connectivity index (χ3n) is 5.62. The molecular weight excluding hydrogens is 364 g/mol. The van der Waals surface area contributed by atoms with Gasteiger partial charge in [0.2, 0.25) is 0 Å². The van der Waals surface area contributed by atoms with Crippen LogP contribution in [0, 0.1) is 0 Å². The maximum Gasteiger partial charge on any atom is 0.0211 e. The van der Waals surface area contributed by atoms with Gasteiger partial charge in [0, 0.05) is 26.2 Å². The summed E-state index contributed by atoms with van der Waals surface area (Å²) in [6.45, 7) is 12.8. The molecule has 2 heteroatoms. The van der Waals surface area contributed by atoms with Crippen molar-refractivity contribution in [1.29, 1.82) is 0 Å². The SMILES string of the molecule is CC(C)c1cc(C(C)C)c(CNCc2ccccc2)cc1CNCc1ccccc1. The molecule has 0 atom stereocenters. The second kappa shape index (κ2) is 11.1. The highest BCUT2D eigenvalue weighted by molar-refractivity contribution is 5.42. The summed E-state index contributed by atoms with van der Waals surface area (Å²) < 4.78 is 0. The molecule has 158 valence electrons. The average molecular weight is 401 g/mol. The van der Waals surface area contributed by atoms with Crippen LogP contribution >= 0.6 is 0 Å². The fourth-order valence-electron chi connectivity index (χ4n) is 3.99. The topological polar surface area (TPSA) is 24.1 Å². The van der Waals surface area contributed by atoms with Gasteiger partial charge in [-0.3, -0.25) is 0 Å². The maximum atomic E-state index is 3.65. The van der Waals surface area contributed by atoms with E-state index in [0.717, 1.165) is 26.2 Å². The predicted octanol–water partition coefficient (Wildman–Crippen LogP) is 6.51. The molecule has 2 nitrogen and oxygen atoms in total. The highest BCUT2D eigenvalue weighted by atomic mass is 14.9. The zero-order valence-corrected chi connectivity index (χ0v) is 18.9. The fraction of sp³-hybridized carbons (Fsp3) is 0.357. The van der Waals surface area contributed by atoms with Crippen molar-refractivity contribution in [2.45, 2.75) is 65.7 Å². The summed E-state index contributed by atoms with van der Waals surface area (Å²) in [4.78, 5) is 0. The van der Waals surface area contributed by atoms with Crippen molar-refractivity contribution in [1.82, 2.24) is 10.6 Å². The Hall–Kier alpha value is -2.42. The fourth-order valence-corrected chi connectivity index (χ4v) is 3.99. The third-order valence-corrected chi connectivity index (χ3v) is 5.62.